The summed E-state index contributed by atoms with van der Waals surface area (Å²) < 4.78 is 22.0. The minimum Gasteiger partial charge on any atom is -0.491 e. The number of nitrogens with one attached hydrogen (secondary N) is 2. The predicted molar refractivity (Wildman–Crippen MR) is 110 cm³/mol. The van der Waals surface area contributed by atoms with Crippen molar-refractivity contribution >= 4 is 5.91 Å². The maximum Gasteiger partial charge on any atom is 0.251 e. The molecule has 0 saturated heterocycles. The van der Waals surface area contributed by atoms with Crippen LogP contribution in [0.4, 0.5) is 0 Å². The van der Waals surface area contributed by atoms with Crippen LogP contribution in [0.25, 0.3) is 0 Å². The Kier molecular flexibility index (Phi) is 14.2. The zero-order valence-corrected chi connectivity index (χ0v) is 17.5. The van der Waals surface area contributed by atoms with Crippen molar-refractivity contribution in [2.75, 3.05) is 59.3 Å². The van der Waals surface area contributed by atoms with Crippen molar-refractivity contribution in [1.29, 1.82) is 0 Å². The van der Waals surface area contributed by atoms with Gasteiger partial charge in [-0.3, -0.25) is 4.79 Å². The number of hydrogen-bond donors (Lipinski definition) is 2. The van der Waals surface area contributed by atoms with Gasteiger partial charge in [-0.25, -0.2) is 0 Å². The Morgan fingerprint density at radius 1 is 0.964 bits per heavy atom. The van der Waals surface area contributed by atoms with E-state index in [2.05, 4.69) is 17.6 Å². The molecule has 7 heteroatoms. The fourth-order valence-corrected chi connectivity index (χ4v) is 2.34. The van der Waals surface area contributed by atoms with E-state index in [1.165, 1.54) is 0 Å². The highest BCUT2D eigenvalue weighted by atomic mass is 16.5. The largest absolute Gasteiger partial charge is 0.491 e. The molecule has 0 aliphatic carbocycles. The molecular weight excluding hydrogens is 360 g/mol. The molecule has 0 aliphatic rings. The number of rotatable bonds is 17. The van der Waals surface area contributed by atoms with Crippen LogP contribution in [0.3, 0.4) is 0 Å². The van der Waals surface area contributed by atoms with Crippen LogP contribution >= 0.6 is 0 Å². The highest BCUT2D eigenvalue weighted by Crippen LogP contribution is 2.14. The molecule has 0 aliphatic heterocycles. The van der Waals surface area contributed by atoms with Crippen LogP contribution in [0.5, 0.6) is 5.75 Å². The van der Waals surface area contributed by atoms with Crippen molar-refractivity contribution in [3.05, 3.63) is 29.8 Å². The monoisotopic (exact) mass is 396 g/mol. The summed E-state index contributed by atoms with van der Waals surface area (Å²) in [5, 5.41) is 6.08. The molecule has 160 valence electrons. The molecule has 0 bridgehead atoms. The third-order valence-corrected chi connectivity index (χ3v) is 3.64. The second-order valence-electron chi connectivity index (χ2n) is 6.49. The number of carbonyl (C=O) groups excluding carboxylic acids is 1. The molecule has 1 aromatic rings. The normalized spacial score (nSPS) is 11.0. The number of amides is 1. The van der Waals surface area contributed by atoms with Gasteiger partial charge in [-0.05, 0) is 51.6 Å². The fourth-order valence-electron chi connectivity index (χ4n) is 2.34. The number of ether oxygens (including phenoxy) is 4. The summed E-state index contributed by atoms with van der Waals surface area (Å²) in [4.78, 5) is 12.1. The van der Waals surface area contributed by atoms with Gasteiger partial charge in [0.15, 0.2) is 0 Å². The molecule has 0 radical (unpaired) electrons. The molecule has 28 heavy (non-hydrogen) atoms. The Bertz CT molecular complexity index is 525. The van der Waals surface area contributed by atoms with Crippen LogP contribution in [-0.4, -0.2) is 71.3 Å². The van der Waals surface area contributed by atoms with Crippen LogP contribution in [0, 0.1) is 0 Å². The van der Waals surface area contributed by atoms with Gasteiger partial charge in [-0.1, -0.05) is 13.0 Å². The highest BCUT2D eigenvalue weighted by Gasteiger charge is 2.07. The maximum absolute atomic E-state index is 12.1. The second-order valence-corrected chi connectivity index (χ2v) is 6.49. The minimum atomic E-state index is -0.139. The van der Waals surface area contributed by atoms with Crippen LogP contribution in [0.15, 0.2) is 24.3 Å². The molecule has 0 fully saturated rings. The molecule has 1 amide bonds. The molecule has 2 N–H and O–H groups in total. The van der Waals surface area contributed by atoms with E-state index in [1.54, 1.807) is 12.1 Å². The van der Waals surface area contributed by atoms with Gasteiger partial charge < -0.3 is 29.6 Å². The van der Waals surface area contributed by atoms with Crippen LogP contribution < -0.4 is 15.4 Å². The van der Waals surface area contributed by atoms with Gasteiger partial charge in [-0.2, -0.15) is 0 Å². The summed E-state index contributed by atoms with van der Waals surface area (Å²) in [5.74, 6) is 0.554. The molecule has 1 aromatic carbocycles. The first-order valence-electron chi connectivity index (χ1n) is 10.1. The average Bonchev–Trinajstić information content (AvgIpc) is 2.67. The molecular formula is C21H36N2O5. The van der Waals surface area contributed by atoms with Gasteiger partial charge in [0.1, 0.15) is 5.75 Å². The molecule has 0 heterocycles. The van der Waals surface area contributed by atoms with E-state index in [0.717, 1.165) is 26.1 Å². The Hall–Kier alpha value is -1.67. The second kappa shape index (κ2) is 16.3. The Balaban J connectivity index is 1.96. The first-order chi connectivity index (χ1) is 13.6. The summed E-state index contributed by atoms with van der Waals surface area (Å²) in [5.41, 5.74) is 0.576. The first kappa shape index (κ1) is 24.4. The molecule has 0 saturated carbocycles. The summed E-state index contributed by atoms with van der Waals surface area (Å²) in [6.07, 6.45) is 1.08. The Morgan fingerprint density at radius 2 is 1.64 bits per heavy atom. The third-order valence-electron chi connectivity index (χ3n) is 3.64. The Labute approximate surface area is 169 Å². The van der Waals surface area contributed by atoms with Crippen LogP contribution in [-0.2, 0) is 14.2 Å². The van der Waals surface area contributed by atoms with E-state index < -0.39 is 0 Å². The van der Waals surface area contributed by atoms with Gasteiger partial charge in [0.25, 0.3) is 5.91 Å². The highest BCUT2D eigenvalue weighted by molar-refractivity contribution is 5.94. The van der Waals surface area contributed by atoms with E-state index in [-0.39, 0.29) is 12.0 Å². The standard InChI is InChI=1S/C21H36N2O5/c1-4-22-9-6-11-25-13-15-27-16-14-26-12-10-23-21(24)19-7-5-8-20(17-19)28-18(2)3/h5,7-8,17-18,22H,4,6,9-16H2,1-3H3,(H,23,24). The number of carbonyl (C=O) groups is 1. The average molecular weight is 397 g/mol. The summed E-state index contributed by atoms with van der Waals surface area (Å²) >= 11 is 0. The van der Waals surface area contributed by atoms with Crippen molar-refractivity contribution in [3.8, 4) is 5.75 Å². The lowest BCUT2D eigenvalue weighted by Gasteiger charge is -2.11. The zero-order valence-electron chi connectivity index (χ0n) is 17.5. The first-order valence-corrected chi connectivity index (χ1v) is 10.1. The molecule has 0 atom stereocenters. The van der Waals surface area contributed by atoms with Crippen molar-refractivity contribution < 1.29 is 23.7 Å². The van der Waals surface area contributed by atoms with Gasteiger partial charge in [0.05, 0.1) is 39.1 Å². The van der Waals surface area contributed by atoms with Gasteiger partial charge in [0, 0.05) is 18.7 Å². The van der Waals surface area contributed by atoms with Gasteiger partial charge in [-0.15, -0.1) is 0 Å². The zero-order chi connectivity index (χ0) is 20.5. The smallest absolute Gasteiger partial charge is 0.251 e. The van der Waals surface area contributed by atoms with Crippen molar-refractivity contribution in [3.63, 3.8) is 0 Å². The fraction of sp³-hybridized carbons (Fsp3) is 0.667. The lowest BCUT2D eigenvalue weighted by atomic mass is 10.2. The molecule has 1 rings (SSSR count). The summed E-state index contributed by atoms with van der Waals surface area (Å²) in [6, 6.07) is 7.16. The van der Waals surface area contributed by atoms with E-state index in [1.807, 2.05) is 26.0 Å². The SMILES string of the molecule is CCNCCCOCCOCCOCCNC(=O)c1cccc(OC(C)C)c1. The topological polar surface area (TPSA) is 78.0 Å². The van der Waals surface area contributed by atoms with E-state index >= 15 is 0 Å². The summed E-state index contributed by atoms with van der Waals surface area (Å²) in [6.45, 7) is 11.8. The lowest BCUT2D eigenvalue weighted by molar-refractivity contribution is 0.0148. The third kappa shape index (κ3) is 12.7. The lowest BCUT2D eigenvalue weighted by Crippen LogP contribution is -2.27. The molecule has 0 spiro atoms. The molecule has 0 aromatic heterocycles. The quantitative estimate of drug-likeness (QED) is 0.393. The van der Waals surface area contributed by atoms with E-state index in [0.29, 0.717) is 50.9 Å². The molecule has 0 unspecified atom stereocenters. The van der Waals surface area contributed by atoms with Crippen LogP contribution in [0.2, 0.25) is 0 Å². The van der Waals surface area contributed by atoms with E-state index in [9.17, 15) is 4.79 Å². The maximum atomic E-state index is 12.1. The number of hydrogen-bond acceptors (Lipinski definition) is 6. The predicted octanol–water partition coefficient (Wildman–Crippen LogP) is 2.25. The molecule has 7 nitrogen and oxygen atoms in total. The number of benzene rings is 1. The minimum absolute atomic E-state index is 0.0728. The van der Waals surface area contributed by atoms with Crippen molar-refractivity contribution in [2.45, 2.75) is 33.3 Å². The van der Waals surface area contributed by atoms with Gasteiger partial charge in [0.2, 0.25) is 0 Å². The Morgan fingerprint density at radius 3 is 2.32 bits per heavy atom. The van der Waals surface area contributed by atoms with Crippen LogP contribution in [0.1, 0.15) is 37.6 Å². The van der Waals surface area contributed by atoms with Crippen molar-refractivity contribution in [1.82, 2.24) is 10.6 Å². The van der Waals surface area contributed by atoms with Crippen molar-refractivity contribution in [2.24, 2.45) is 0 Å². The summed E-state index contributed by atoms with van der Waals surface area (Å²) in [7, 11) is 0. The van der Waals surface area contributed by atoms with Gasteiger partial charge >= 0.3 is 0 Å². The van der Waals surface area contributed by atoms with E-state index in [4.69, 9.17) is 18.9 Å².